The average molecular weight is 432 g/mol. The van der Waals surface area contributed by atoms with Crippen LogP contribution in [0, 0.1) is 6.92 Å². The molecule has 0 spiro atoms. The number of thioether (sulfide) groups is 1. The van der Waals surface area contributed by atoms with Crippen LogP contribution in [0.3, 0.4) is 0 Å². The first-order valence-corrected chi connectivity index (χ1v) is 10.7. The second kappa shape index (κ2) is 8.69. The van der Waals surface area contributed by atoms with Crippen molar-refractivity contribution in [3.63, 3.8) is 0 Å². The zero-order valence-corrected chi connectivity index (χ0v) is 18.2. The van der Waals surface area contributed by atoms with Crippen LogP contribution < -0.4 is 10.2 Å². The molecule has 4 rings (SSSR count). The van der Waals surface area contributed by atoms with Crippen LogP contribution in [0.25, 0.3) is 6.08 Å². The Bertz CT molecular complexity index is 1160. The van der Waals surface area contributed by atoms with E-state index in [9.17, 15) is 9.59 Å². The lowest BCUT2D eigenvalue weighted by atomic mass is 10.1. The number of anilines is 1. The molecule has 2 heterocycles. The van der Waals surface area contributed by atoms with Crippen molar-refractivity contribution in [2.75, 3.05) is 10.7 Å². The molecule has 1 saturated heterocycles. The molecule has 2 amide bonds. The molecule has 2 aromatic rings. The maximum Gasteiger partial charge on any atom is 0.282 e. The maximum atomic E-state index is 12.9. The lowest BCUT2D eigenvalue weighted by molar-refractivity contribution is -0.117. The number of amides is 2. The molecule has 8 heteroatoms. The standard InChI is InChI=1S/C23H21N5O2S/c1-14-4-6-17(7-5-14)12-20-22(30)28(16(3)24-20)19-10-8-18(9-11-19)15(2)26-27-23-25-21(29)13-31-23/h4-12H,13H2,1-3H3,(H,25,27,29)/b20-12-,26-15+. The molecule has 156 valence electrons. The summed E-state index contributed by atoms with van der Waals surface area (Å²) in [6, 6.07) is 15.4. The molecule has 31 heavy (non-hydrogen) atoms. The summed E-state index contributed by atoms with van der Waals surface area (Å²) in [5.74, 6) is 0.773. The highest BCUT2D eigenvalue weighted by atomic mass is 32.2. The minimum Gasteiger partial charge on any atom is -0.303 e. The topological polar surface area (TPSA) is 86.5 Å². The number of amidine groups is 2. The van der Waals surface area contributed by atoms with E-state index in [-0.39, 0.29) is 11.8 Å². The molecule has 0 aromatic heterocycles. The number of benzene rings is 2. The summed E-state index contributed by atoms with van der Waals surface area (Å²) in [4.78, 5) is 30.2. The Labute approximate surface area is 184 Å². The largest absolute Gasteiger partial charge is 0.303 e. The maximum absolute atomic E-state index is 12.9. The summed E-state index contributed by atoms with van der Waals surface area (Å²) < 4.78 is 0. The van der Waals surface area contributed by atoms with Gasteiger partial charge in [0.1, 0.15) is 11.5 Å². The summed E-state index contributed by atoms with van der Waals surface area (Å²) >= 11 is 1.33. The number of nitrogens with one attached hydrogen (secondary N) is 1. The molecule has 2 aromatic carbocycles. The quantitative estimate of drug-likeness (QED) is 0.454. The highest BCUT2D eigenvalue weighted by Gasteiger charge is 2.28. The van der Waals surface area contributed by atoms with Crippen molar-refractivity contribution in [3.05, 3.63) is 70.9 Å². The lowest BCUT2D eigenvalue weighted by Gasteiger charge is -2.16. The van der Waals surface area contributed by atoms with E-state index in [0.29, 0.717) is 28.2 Å². The predicted octanol–water partition coefficient (Wildman–Crippen LogP) is 3.74. The van der Waals surface area contributed by atoms with Crippen molar-refractivity contribution in [2.45, 2.75) is 20.8 Å². The molecule has 1 N–H and O–H groups in total. The van der Waals surface area contributed by atoms with Gasteiger partial charge in [0.15, 0.2) is 5.17 Å². The number of hydrogen-bond donors (Lipinski definition) is 1. The number of aryl methyl sites for hydroxylation is 1. The van der Waals surface area contributed by atoms with Gasteiger partial charge in [0.25, 0.3) is 5.91 Å². The summed E-state index contributed by atoms with van der Waals surface area (Å²) in [5, 5.41) is 11.4. The predicted molar refractivity (Wildman–Crippen MR) is 126 cm³/mol. The van der Waals surface area contributed by atoms with Crippen LogP contribution >= 0.6 is 11.8 Å². The summed E-state index contributed by atoms with van der Waals surface area (Å²) in [6.07, 6.45) is 1.80. The molecular weight excluding hydrogens is 410 g/mol. The normalized spacial score (nSPS) is 19.4. The fourth-order valence-electron chi connectivity index (χ4n) is 3.16. The first-order chi connectivity index (χ1) is 14.9. The van der Waals surface area contributed by atoms with Gasteiger partial charge in [0.2, 0.25) is 5.91 Å². The van der Waals surface area contributed by atoms with Crippen LogP contribution in [0.5, 0.6) is 0 Å². The number of aliphatic imine (C=N–C) groups is 1. The second-order valence-corrected chi connectivity index (χ2v) is 8.18. The Kier molecular flexibility index (Phi) is 5.81. The molecular formula is C23H21N5O2S. The van der Waals surface area contributed by atoms with Gasteiger partial charge < -0.3 is 5.32 Å². The first-order valence-electron chi connectivity index (χ1n) is 9.74. The molecule has 2 aliphatic rings. The van der Waals surface area contributed by atoms with Gasteiger partial charge >= 0.3 is 0 Å². The van der Waals surface area contributed by atoms with Crippen molar-refractivity contribution < 1.29 is 9.59 Å². The summed E-state index contributed by atoms with van der Waals surface area (Å²) in [7, 11) is 0. The van der Waals surface area contributed by atoms with E-state index >= 15 is 0 Å². The number of carbonyl (C=O) groups is 2. The number of nitrogens with zero attached hydrogens (tertiary/aromatic N) is 4. The van der Waals surface area contributed by atoms with Gasteiger partial charge in [0, 0.05) is 0 Å². The average Bonchev–Trinajstić information content (AvgIpc) is 3.30. The van der Waals surface area contributed by atoms with E-state index in [1.807, 2.05) is 69.3 Å². The molecule has 0 saturated carbocycles. The van der Waals surface area contributed by atoms with Crippen LogP contribution in [0.15, 0.2) is 69.4 Å². The highest BCUT2D eigenvalue weighted by Crippen LogP contribution is 2.25. The monoisotopic (exact) mass is 431 g/mol. The highest BCUT2D eigenvalue weighted by molar-refractivity contribution is 8.15. The van der Waals surface area contributed by atoms with Crippen molar-refractivity contribution in [2.24, 2.45) is 15.2 Å². The minimum atomic E-state index is -0.156. The second-order valence-electron chi connectivity index (χ2n) is 7.21. The lowest BCUT2D eigenvalue weighted by Crippen LogP contribution is -2.30. The van der Waals surface area contributed by atoms with E-state index in [0.717, 1.165) is 16.8 Å². The number of carbonyl (C=O) groups excluding carboxylic acids is 2. The Morgan fingerprint density at radius 2 is 1.81 bits per heavy atom. The number of hydrogen-bond acceptors (Lipinski definition) is 6. The Balaban J connectivity index is 1.51. The van der Waals surface area contributed by atoms with E-state index < -0.39 is 0 Å². The third kappa shape index (κ3) is 4.64. The van der Waals surface area contributed by atoms with E-state index in [2.05, 4.69) is 20.5 Å². The molecule has 0 aliphatic carbocycles. The van der Waals surface area contributed by atoms with Gasteiger partial charge in [0.05, 0.1) is 17.2 Å². The SMILES string of the molecule is CC1=N/C(=C\c2ccc(C)cc2)C(=O)N1c1ccc(/C(C)=N/N=C2/NC(=O)CS2)cc1. The smallest absolute Gasteiger partial charge is 0.282 e. The van der Waals surface area contributed by atoms with Crippen LogP contribution in [-0.2, 0) is 9.59 Å². The van der Waals surface area contributed by atoms with Crippen molar-refractivity contribution >= 4 is 52.1 Å². The van der Waals surface area contributed by atoms with Crippen molar-refractivity contribution in [1.82, 2.24) is 5.32 Å². The van der Waals surface area contributed by atoms with Crippen LogP contribution in [0.4, 0.5) is 5.69 Å². The Morgan fingerprint density at radius 3 is 2.45 bits per heavy atom. The third-order valence-corrected chi connectivity index (χ3v) is 5.69. The molecule has 2 aliphatic heterocycles. The minimum absolute atomic E-state index is 0.0657. The van der Waals surface area contributed by atoms with Crippen LogP contribution in [-0.4, -0.2) is 34.3 Å². The zero-order chi connectivity index (χ0) is 22.0. The Morgan fingerprint density at radius 1 is 1.10 bits per heavy atom. The van der Waals surface area contributed by atoms with E-state index in [1.165, 1.54) is 17.3 Å². The van der Waals surface area contributed by atoms with Gasteiger partial charge in [-0.1, -0.05) is 53.7 Å². The van der Waals surface area contributed by atoms with E-state index in [1.54, 1.807) is 11.0 Å². The fraction of sp³-hybridized carbons (Fsp3) is 0.174. The third-order valence-electron chi connectivity index (χ3n) is 4.83. The van der Waals surface area contributed by atoms with Crippen molar-refractivity contribution in [3.8, 4) is 0 Å². The molecule has 1 fully saturated rings. The molecule has 7 nitrogen and oxygen atoms in total. The van der Waals surface area contributed by atoms with Gasteiger partial charge in [-0.15, -0.1) is 5.10 Å². The molecule has 0 bridgehead atoms. The summed E-state index contributed by atoms with van der Waals surface area (Å²) in [5.41, 5.74) is 4.83. The zero-order valence-electron chi connectivity index (χ0n) is 17.4. The molecule has 0 atom stereocenters. The van der Waals surface area contributed by atoms with Crippen molar-refractivity contribution in [1.29, 1.82) is 0 Å². The van der Waals surface area contributed by atoms with Gasteiger partial charge in [-0.2, -0.15) is 5.10 Å². The van der Waals surface area contributed by atoms with Gasteiger partial charge in [-0.25, -0.2) is 4.99 Å². The molecule has 0 unspecified atom stereocenters. The number of rotatable bonds is 4. The Hall–Kier alpha value is -3.52. The summed E-state index contributed by atoms with van der Waals surface area (Å²) in [6.45, 7) is 5.69. The van der Waals surface area contributed by atoms with E-state index in [4.69, 9.17) is 0 Å². The van der Waals surface area contributed by atoms with Gasteiger partial charge in [-0.05, 0) is 50.1 Å². The molecule has 0 radical (unpaired) electrons. The fourth-order valence-corrected chi connectivity index (χ4v) is 3.79. The van der Waals surface area contributed by atoms with Crippen LogP contribution in [0.1, 0.15) is 30.5 Å². The first kappa shape index (κ1) is 20.7. The van der Waals surface area contributed by atoms with Gasteiger partial charge in [-0.3, -0.25) is 14.5 Å². The van der Waals surface area contributed by atoms with Crippen LogP contribution in [0.2, 0.25) is 0 Å².